The molecule has 0 bridgehead atoms. The van der Waals surface area contributed by atoms with Crippen LogP contribution in [0.25, 0.3) is 0 Å². The molecule has 6 heteroatoms. The summed E-state index contributed by atoms with van der Waals surface area (Å²) in [5.74, 6) is 0.690. The second-order valence-electron chi connectivity index (χ2n) is 5.87. The highest BCUT2D eigenvalue weighted by atomic mass is 35.5. The molecule has 0 saturated heterocycles. The lowest BCUT2D eigenvalue weighted by molar-refractivity contribution is 0.410. The first-order valence-electron chi connectivity index (χ1n) is 7.60. The summed E-state index contributed by atoms with van der Waals surface area (Å²) in [4.78, 5) is 0.307. The van der Waals surface area contributed by atoms with Crippen molar-refractivity contribution in [2.45, 2.75) is 38.6 Å². The van der Waals surface area contributed by atoms with Gasteiger partial charge in [-0.3, -0.25) is 0 Å². The Hall–Kier alpha value is -1.56. The molecule has 0 radical (unpaired) electrons. The molecule has 0 heterocycles. The topological polar surface area (TPSA) is 55.4 Å². The third-order valence-corrected chi connectivity index (χ3v) is 6.25. The molecule has 0 spiro atoms. The van der Waals surface area contributed by atoms with E-state index in [-0.39, 0.29) is 6.04 Å². The van der Waals surface area contributed by atoms with Gasteiger partial charge in [-0.2, -0.15) is 0 Å². The van der Waals surface area contributed by atoms with E-state index in [2.05, 4.69) is 4.72 Å². The average molecular weight is 368 g/mol. The van der Waals surface area contributed by atoms with E-state index in [1.165, 1.54) is 0 Å². The van der Waals surface area contributed by atoms with Crippen LogP contribution in [0, 0.1) is 20.8 Å². The fourth-order valence-corrected chi connectivity index (χ4v) is 4.64. The van der Waals surface area contributed by atoms with Gasteiger partial charge in [0.05, 0.1) is 12.0 Å². The summed E-state index contributed by atoms with van der Waals surface area (Å²) >= 11 is 5.88. The zero-order valence-electron chi connectivity index (χ0n) is 14.5. The van der Waals surface area contributed by atoms with Gasteiger partial charge in [0.2, 0.25) is 10.0 Å². The van der Waals surface area contributed by atoms with Gasteiger partial charge in [0, 0.05) is 11.1 Å². The van der Waals surface area contributed by atoms with Crippen molar-refractivity contribution in [1.29, 1.82) is 0 Å². The molecule has 24 heavy (non-hydrogen) atoms. The summed E-state index contributed by atoms with van der Waals surface area (Å²) in [5.41, 5.74) is 3.03. The van der Waals surface area contributed by atoms with Crippen molar-refractivity contribution in [2.24, 2.45) is 0 Å². The van der Waals surface area contributed by atoms with Gasteiger partial charge in [-0.1, -0.05) is 23.7 Å². The molecule has 0 fully saturated rings. The van der Waals surface area contributed by atoms with Gasteiger partial charge in [-0.15, -0.1) is 0 Å². The van der Waals surface area contributed by atoms with Crippen molar-refractivity contribution in [3.8, 4) is 5.75 Å². The van der Waals surface area contributed by atoms with Gasteiger partial charge in [-0.05, 0) is 68.1 Å². The number of hydrogen-bond donors (Lipinski definition) is 1. The lowest BCUT2D eigenvalue weighted by Gasteiger charge is -2.19. The van der Waals surface area contributed by atoms with E-state index in [1.54, 1.807) is 39.2 Å². The van der Waals surface area contributed by atoms with E-state index in [0.29, 0.717) is 26.8 Å². The van der Waals surface area contributed by atoms with E-state index < -0.39 is 10.0 Å². The van der Waals surface area contributed by atoms with Crippen LogP contribution in [0.2, 0.25) is 5.02 Å². The molecule has 0 saturated carbocycles. The Morgan fingerprint density at radius 3 is 2.21 bits per heavy atom. The molecular formula is C18H22ClNO3S. The SMILES string of the molecule is COc1cc(C)c(S(=O)(=O)NC(C)c2ccc(Cl)cc2)c(C)c1C. The largest absolute Gasteiger partial charge is 0.496 e. The quantitative estimate of drug-likeness (QED) is 0.856. The minimum atomic E-state index is -3.67. The summed E-state index contributed by atoms with van der Waals surface area (Å²) in [6.07, 6.45) is 0. The molecule has 0 aliphatic heterocycles. The highest BCUT2D eigenvalue weighted by Crippen LogP contribution is 2.31. The fraction of sp³-hybridized carbons (Fsp3) is 0.333. The summed E-state index contributed by atoms with van der Waals surface area (Å²) in [6.45, 7) is 7.24. The van der Waals surface area contributed by atoms with Crippen LogP contribution in [0.4, 0.5) is 0 Å². The van der Waals surface area contributed by atoms with E-state index >= 15 is 0 Å². The predicted octanol–water partition coefficient (Wildman–Crippen LogP) is 4.31. The molecule has 0 aromatic heterocycles. The zero-order valence-corrected chi connectivity index (χ0v) is 16.0. The maximum Gasteiger partial charge on any atom is 0.241 e. The molecule has 1 atom stereocenters. The first-order valence-corrected chi connectivity index (χ1v) is 9.46. The highest BCUT2D eigenvalue weighted by Gasteiger charge is 2.24. The van der Waals surface area contributed by atoms with Crippen molar-refractivity contribution >= 4 is 21.6 Å². The molecule has 130 valence electrons. The summed E-state index contributed by atoms with van der Waals surface area (Å²) in [7, 11) is -2.09. The van der Waals surface area contributed by atoms with Crippen LogP contribution >= 0.6 is 11.6 Å². The minimum absolute atomic E-state index is 0.307. The van der Waals surface area contributed by atoms with Crippen molar-refractivity contribution < 1.29 is 13.2 Å². The number of sulfonamides is 1. The van der Waals surface area contributed by atoms with Crippen molar-refractivity contribution in [2.75, 3.05) is 7.11 Å². The Bertz CT molecular complexity index is 846. The standard InChI is InChI=1S/C18H22ClNO3S/c1-11-10-17(23-5)12(2)13(3)18(11)24(21,22)20-14(4)15-6-8-16(19)9-7-15/h6-10,14,20H,1-5H3. The third kappa shape index (κ3) is 3.74. The molecule has 0 aliphatic carbocycles. The number of halogens is 1. The van der Waals surface area contributed by atoms with Crippen LogP contribution in [0.5, 0.6) is 5.75 Å². The molecular weight excluding hydrogens is 346 g/mol. The molecule has 0 amide bonds. The van der Waals surface area contributed by atoms with E-state index in [1.807, 2.05) is 26.0 Å². The number of benzene rings is 2. The van der Waals surface area contributed by atoms with E-state index in [9.17, 15) is 8.42 Å². The number of aryl methyl sites for hydroxylation is 1. The zero-order chi connectivity index (χ0) is 18.1. The first-order chi connectivity index (χ1) is 11.2. The van der Waals surface area contributed by atoms with Crippen molar-refractivity contribution in [3.63, 3.8) is 0 Å². The monoisotopic (exact) mass is 367 g/mol. The molecule has 0 aliphatic rings. The van der Waals surface area contributed by atoms with Crippen LogP contribution in [0.1, 0.15) is 35.2 Å². The maximum atomic E-state index is 12.9. The Morgan fingerprint density at radius 2 is 1.67 bits per heavy atom. The van der Waals surface area contributed by atoms with Crippen LogP contribution in [-0.2, 0) is 10.0 Å². The Morgan fingerprint density at radius 1 is 1.08 bits per heavy atom. The normalized spacial score (nSPS) is 12.9. The molecule has 2 aromatic rings. The van der Waals surface area contributed by atoms with Gasteiger partial charge in [-0.25, -0.2) is 13.1 Å². The van der Waals surface area contributed by atoms with Gasteiger partial charge < -0.3 is 4.74 Å². The van der Waals surface area contributed by atoms with Crippen LogP contribution in [-0.4, -0.2) is 15.5 Å². The third-order valence-electron chi connectivity index (χ3n) is 4.17. The highest BCUT2D eigenvalue weighted by molar-refractivity contribution is 7.89. The van der Waals surface area contributed by atoms with Crippen LogP contribution in [0.3, 0.4) is 0 Å². The lowest BCUT2D eigenvalue weighted by atomic mass is 10.1. The molecule has 2 rings (SSSR count). The number of methoxy groups -OCH3 is 1. The maximum absolute atomic E-state index is 12.9. The molecule has 2 aromatic carbocycles. The van der Waals surface area contributed by atoms with E-state index in [0.717, 1.165) is 11.1 Å². The van der Waals surface area contributed by atoms with Crippen molar-refractivity contribution in [1.82, 2.24) is 4.72 Å². The average Bonchev–Trinajstić information content (AvgIpc) is 2.50. The molecule has 1 unspecified atom stereocenters. The molecule has 1 N–H and O–H groups in total. The van der Waals surface area contributed by atoms with Crippen LogP contribution in [0.15, 0.2) is 35.2 Å². The predicted molar refractivity (Wildman–Crippen MR) is 97.4 cm³/mol. The Labute approximate surface area is 148 Å². The summed E-state index contributed by atoms with van der Waals surface area (Å²) < 4.78 is 33.8. The fourth-order valence-electron chi connectivity index (χ4n) is 2.76. The Balaban J connectivity index is 2.41. The minimum Gasteiger partial charge on any atom is -0.496 e. The lowest BCUT2D eigenvalue weighted by Crippen LogP contribution is -2.28. The second kappa shape index (κ2) is 7.13. The van der Waals surface area contributed by atoms with Gasteiger partial charge in [0.1, 0.15) is 5.75 Å². The first kappa shape index (κ1) is 18.8. The van der Waals surface area contributed by atoms with Gasteiger partial charge in [0.15, 0.2) is 0 Å². The summed E-state index contributed by atoms with van der Waals surface area (Å²) in [6, 6.07) is 8.51. The number of nitrogens with one attached hydrogen (secondary N) is 1. The number of rotatable bonds is 5. The smallest absolute Gasteiger partial charge is 0.241 e. The second-order valence-corrected chi connectivity index (χ2v) is 7.96. The van der Waals surface area contributed by atoms with Gasteiger partial charge in [0.25, 0.3) is 0 Å². The van der Waals surface area contributed by atoms with E-state index in [4.69, 9.17) is 16.3 Å². The van der Waals surface area contributed by atoms with Crippen molar-refractivity contribution in [3.05, 3.63) is 57.6 Å². The van der Waals surface area contributed by atoms with Crippen LogP contribution < -0.4 is 9.46 Å². The number of hydrogen-bond acceptors (Lipinski definition) is 3. The number of ether oxygens (including phenoxy) is 1. The van der Waals surface area contributed by atoms with Gasteiger partial charge >= 0.3 is 0 Å². The Kier molecular flexibility index (Phi) is 5.58. The molecule has 4 nitrogen and oxygen atoms in total. The summed E-state index contributed by atoms with van der Waals surface area (Å²) in [5, 5.41) is 0.617.